The predicted molar refractivity (Wildman–Crippen MR) is 104 cm³/mol. The molecular formula is C20H16FN7O2. The number of aromatic amines is 1. The molecule has 4 heterocycles. The molecule has 1 atom stereocenters. The number of nitrogens with zero attached hydrogens (tertiary/aromatic N) is 6. The van der Waals surface area contributed by atoms with E-state index in [-0.39, 0.29) is 30.8 Å². The summed E-state index contributed by atoms with van der Waals surface area (Å²) in [5.74, 6) is 0.146. The monoisotopic (exact) mass is 405 g/mol. The van der Waals surface area contributed by atoms with Gasteiger partial charge in [0, 0.05) is 18.5 Å². The number of nitriles is 1. The van der Waals surface area contributed by atoms with Crippen molar-refractivity contribution in [3.63, 3.8) is 0 Å². The molecule has 9 nitrogen and oxygen atoms in total. The highest BCUT2D eigenvalue weighted by Crippen LogP contribution is 2.36. The number of H-pyrrole nitrogens is 1. The number of aryl methyl sites for hydroxylation is 1. The summed E-state index contributed by atoms with van der Waals surface area (Å²) in [5.41, 5.74) is 3.46. The highest BCUT2D eigenvalue weighted by atomic mass is 19.1. The molecule has 0 aliphatic carbocycles. The quantitative estimate of drug-likeness (QED) is 0.478. The van der Waals surface area contributed by atoms with Gasteiger partial charge in [-0.05, 0) is 18.2 Å². The Morgan fingerprint density at radius 2 is 2.13 bits per heavy atom. The number of ether oxygens (including phenoxy) is 2. The van der Waals surface area contributed by atoms with Crippen molar-refractivity contribution in [2.45, 2.75) is 12.8 Å². The van der Waals surface area contributed by atoms with E-state index in [4.69, 9.17) is 14.5 Å². The van der Waals surface area contributed by atoms with Crippen LogP contribution in [0.2, 0.25) is 0 Å². The molecule has 1 unspecified atom stereocenters. The molecule has 2 bridgehead atoms. The number of aromatic nitrogens is 6. The fourth-order valence-corrected chi connectivity index (χ4v) is 3.63. The second kappa shape index (κ2) is 6.81. The van der Waals surface area contributed by atoms with Crippen LogP contribution in [-0.2, 0) is 7.05 Å². The Hall–Kier alpha value is -4.00. The summed E-state index contributed by atoms with van der Waals surface area (Å²) in [5, 5.41) is 21.1. The van der Waals surface area contributed by atoms with Gasteiger partial charge >= 0.3 is 0 Å². The number of hydrogen-bond acceptors (Lipinski definition) is 7. The van der Waals surface area contributed by atoms with E-state index in [1.807, 2.05) is 6.92 Å². The van der Waals surface area contributed by atoms with E-state index in [9.17, 15) is 9.65 Å². The number of benzene rings is 1. The van der Waals surface area contributed by atoms with Gasteiger partial charge in [0.15, 0.2) is 11.3 Å². The van der Waals surface area contributed by atoms with Gasteiger partial charge < -0.3 is 9.47 Å². The van der Waals surface area contributed by atoms with Crippen LogP contribution in [0.5, 0.6) is 11.6 Å². The maximum Gasteiger partial charge on any atom is 0.243 e. The SMILES string of the molecule is CC1c2cc(F)ccc2OCCOc2nn(C)c(C#N)c2-c2cnc3n[nH]c1c3n2. The molecule has 1 aliphatic rings. The molecule has 1 aromatic carbocycles. The molecule has 0 amide bonds. The smallest absolute Gasteiger partial charge is 0.243 e. The first-order valence-electron chi connectivity index (χ1n) is 9.30. The number of hydrogen-bond donors (Lipinski definition) is 1. The Bertz CT molecular complexity index is 1320. The molecule has 1 aliphatic heterocycles. The summed E-state index contributed by atoms with van der Waals surface area (Å²) in [4.78, 5) is 9.10. The second-order valence-electron chi connectivity index (χ2n) is 6.93. The van der Waals surface area contributed by atoms with Gasteiger partial charge in [-0.2, -0.15) is 10.4 Å². The molecule has 0 spiro atoms. The van der Waals surface area contributed by atoms with Crippen molar-refractivity contribution < 1.29 is 13.9 Å². The van der Waals surface area contributed by atoms with Crippen molar-refractivity contribution in [3.05, 3.63) is 47.2 Å². The van der Waals surface area contributed by atoms with Crippen molar-refractivity contribution >= 4 is 11.2 Å². The van der Waals surface area contributed by atoms with Crippen LogP contribution in [0.15, 0.2) is 24.4 Å². The van der Waals surface area contributed by atoms with Crippen LogP contribution in [0.3, 0.4) is 0 Å². The zero-order valence-electron chi connectivity index (χ0n) is 16.2. The molecule has 0 saturated heterocycles. The lowest BCUT2D eigenvalue weighted by Gasteiger charge is -2.16. The molecule has 10 heteroatoms. The van der Waals surface area contributed by atoms with Gasteiger partial charge in [-0.1, -0.05) is 6.92 Å². The zero-order valence-corrected chi connectivity index (χ0v) is 16.2. The molecule has 1 N–H and O–H groups in total. The first-order valence-corrected chi connectivity index (χ1v) is 9.30. The zero-order chi connectivity index (χ0) is 20.8. The molecule has 0 fully saturated rings. The van der Waals surface area contributed by atoms with Gasteiger partial charge in [0.2, 0.25) is 5.88 Å². The molecule has 0 saturated carbocycles. The van der Waals surface area contributed by atoms with Crippen molar-refractivity contribution in [1.82, 2.24) is 29.9 Å². The average molecular weight is 405 g/mol. The van der Waals surface area contributed by atoms with Crippen LogP contribution < -0.4 is 9.47 Å². The van der Waals surface area contributed by atoms with E-state index >= 15 is 0 Å². The van der Waals surface area contributed by atoms with Crippen molar-refractivity contribution in [2.24, 2.45) is 7.05 Å². The highest BCUT2D eigenvalue weighted by Gasteiger charge is 2.25. The van der Waals surface area contributed by atoms with Crippen LogP contribution in [-0.4, -0.2) is 43.2 Å². The molecule has 3 aromatic heterocycles. The molecule has 4 aromatic rings. The third-order valence-corrected chi connectivity index (χ3v) is 5.12. The highest BCUT2D eigenvalue weighted by molar-refractivity contribution is 5.80. The minimum atomic E-state index is -0.365. The number of rotatable bonds is 0. The summed E-state index contributed by atoms with van der Waals surface area (Å²) in [6.07, 6.45) is 1.53. The fraction of sp³-hybridized carbons (Fsp3) is 0.250. The number of nitrogens with one attached hydrogen (secondary N) is 1. The summed E-state index contributed by atoms with van der Waals surface area (Å²) >= 11 is 0. The Kier molecular flexibility index (Phi) is 4.10. The van der Waals surface area contributed by atoms with Crippen LogP contribution >= 0.6 is 0 Å². The Morgan fingerprint density at radius 1 is 1.30 bits per heavy atom. The maximum absolute atomic E-state index is 14.0. The Labute approximate surface area is 170 Å². The number of halogens is 1. The Balaban J connectivity index is 1.77. The number of fused-ring (bicyclic) bond motifs is 4. The molecule has 30 heavy (non-hydrogen) atoms. The van der Waals surface area contributed by atoms with Crippen molar-refractivity contribution in [2.75, 3.05) is 13.2 Å². The molecule has 5 rings (SSSR count). The summed E-state index contributed by atoms with van der Waals surface area (Å²) in [7, 11) is 1.66. The normalized spacial score (nSPS) is 15.7. The maximum atomic E-state index is 14.0. The van der Waals surface area contributed by atoms with Crippen molar-refractivity contribution in [3.8, 4) is 29.0 Å². The largest absolute Gasteiger partial charge is 0.490 e. The van der Waals surface area contributed by atoms with E-state index in [0.29, 0.717) is 45.1 Å². The standard InChI is InChI=1S/C20H16FN7O2/c1-10-12-7-11(21)3-4-15(12)29-5-6-30-20-16(14(8-22)28(2)27-20)13-9-23-19-18(24-13)17(10)25-26-19/h3-4,7,9-10H,5-6H2,1-2H3,(H,23,25,26). The fourth-order valence-electron chi connectivity index (χ4n) is 3.63. The third-order valence-electron chi connectivity index (χ3n) is 5.12. The van der Waals surface area contributed by atoms with Gasteiger partial charge in [-0.15, -0.1) is 5.10 Å². The van der Waals surface area contributed by atoms with Crippen molar-refractivity contribution in [1.29, 1.82) is 5.26 Å². The van der Waals surface area contributed by atoms with E-state index in [0.717, 1.165) is 0 Å². The van der Waals surface area contributed by atoms with Crippen LogP contribution in [0, 0.1) is 17.1 Å². The topological polar surface area (TPSA) is 115 Å². The van der Waals surface area contributed by atoms with Crippen LogP contribution in [0.25, 0.3) is 22.4 Å². The molecular weight excluding hydrogens is 389 g/mol. The summed E-state index contributed by atoms with van der Waals surface area (Å²) in [6.45, 7) is 2.31. The average Bonchev–Trinajstić information content (AvgIpc) is 3.30. The second-order valence-corrected chi connectivity index (χ2v) is 6.93. The third kappa shape index (κ3) is 2.75. The van der Waals surface area contributed by atoms with Gasteiger partial charge in [0.1, 0.15) is 41.9 Å². The van der Waals surface area contributed by atoms with E-state index < -0.39 is 0 Å². The Morgan fingerprint density at radius 3 is 2.97 bits per heavy atom. The van der Waals surface area contributed by atoms with Gasteiger partial charge in [-0.3, -0.25) is 9.78 Å². The minimum absolute atomic E-state index is 0.183. The van der Waals surface area contributed by atoms with E-state index in [1.165, 1.54) is 23.0 Å². The van der Waals surface area contributed by atoms with Crippen LogP contribution in [0.4, 0.5) is 4.39 Å². The van der Waals surface area contributed by atoms with E-state index in [2.05, 4.69) is 26.3 Å². The first-order chi connectivity index (χ1) is 14.6. The van der Waals surface area contributed by atoms with Gasteiger partial charge in [0.25, 0.3) is 0 Å². The van der Waals surface area contributed by atoms with Gasteiger partial charge in [0.05, 0.1) is 17.6 Å². The lowest BCUT2D eigenvalue weighted by atomic mass is 9.96. The summed E-state index contributed by atoms with van der Waals surface area (Å²) in [6, 6.07) is 6.52. The first kappa shape index (κ1) is 18.1. The van der Waals surface area contributed by atoms with E-state index in [1.54, 1.807) is 13.1 Å². The lowest BCUT2D eigenvalue weighted by molar-refractivity contribution is 0.210. The minimum Gasteiger partial charge on any atom is -0.490 e. The van der Waals surface area contributed by atoms with Crippen LogP contribution in [0.1, 0.15) is 29.8 Å². The summed E-state index contributed by atoms with van der Waals surface area (Å²) < 4.78 is 27.1. The lowest BCUT2D eigenvalue weighted by Crippen LogP contribution is -2.11. The molecule has 150 valence electrons. The predicted octanol–water partition coefficient (Wildman–Crippen LogP) is 2.69. The molecule has 0 radical (unpaired) electrons. The van der Waals surface area contributed by atoms with Gasteiger partial charge in [-0.25, -0.2) is 14.4 Å².